The van der Waals surface area contributed by atoms with Crippen molar-refractivity contribution in [1.29, 1.82) is 0 Å². The molecule has 0 bridgehead atoms. The third kappa shape index (κ3) is 2.06. The fraction of sp³-hybridized carbons (Fsp3) is 0. The van der Waals surface area contributed by atoms with Gasteiger partial charge in [-0.3, -0.25) is 4.72 Å². The van der Waals surface area contributed by atoms with Crippen molar-refractivity contribution in [2.24, 2.45) is 0 Å². The SMILES string of the molecule is O=S1(=O)\C=C/C=C\C=C/N1. The van der Waals surface area contributed by atoms with Crippen LogP contribution in [0.15, 0.2) is 35.9 Å². The Morgan fingerprint density at radius 2 is 1.70 bits per heavy atom. The van der Waals surface area contributed by atoms with Gasteiger partial charge in [0.2, 0.25) is 0 Å². The molecule has 0 aromatic carbocycles. The zero-order valence-electron chi connectivity index (χ0n) is 5.19. The maximum absolute atomic E-state index is 10.7. The summed E-state index contributed by atoms with van der Waals surface area (Å²) in [6.07, 6.45) is 7.83. The fourth-order valence-electron chi connectivity index (χ4n) is 0.506. The normalized spacial score (nSPS) is 30.8. The second-order valence-corrected chi connectivity index (χ2v) is 3.33. The lowest BCUT2D eigenvalue weighted by Crippen LogP contribution is -2.14. The quantitative estimate of drug-likeness (QED) is 0.556. The van der Waals surface area contributed by atoms with Crippen LogP contribution in [0.3, 0.4) is 0 Å². The molecule has 1 rings (SSSR count). The van der Waals surface area contributed by atoms with Gasteiger partial charge in [-0.25, -0.2) is 8.42 Å². The van der Waals surface area contributed by atoms with Crippen LogP contribution in [0, 0.1) is 0 Å². The summed E-state index contributed by atoms with van der Waals surface area (Å²) in [6, 6.07) is 0. The minimum absolute atomic E-state index is 1.10. The van der Waals surface area contributed by atoms with E-state index in [0.717, 1.165) is 5.41 Å². The van der Waals surface area contributed by atoms with E-state index in [1.165, 1.54) is 12.3 Å². The smallest absolute Gasteiger partial charge is 0.254 e. The van der Waals surface area contributed by atoms with Crippen LogP contribution < -0.4 is 4.72 Å². The Morgan fingerprint density at radius 3 is 2.50 bits per heavy atom. The van der Waals surface area contributed by atoms with E-state index < -0.39 is 10.0 Å². The third-order valence-electron chi connectivity index (χ3n) is 0.920. The summed E-state index contributed by atoms with van der Waals surface area (Å²) in [5.74, 6) is 0. The Balaban J connectivity index is 2.96. The average Bonchev–Trinajstić information content (AvgIpc) is 1.81. The van der Waals surface area contributed by atoms with E-state index in [0.29, 0.717) is 0 Å². The first-order valence-electron chi connectivity index (χ1n) is 2.73. The van der Waals surface area contributed by atoms with Crippen LogP contribution in [-0.2, 0) is 10.0 Å². The molecule has 1 aliphatic rings. The first-order valence-corrected chi connectivity index (χ1v) is 4.27. The van der Waals surface area contributed by atoms with Gasteiger partial charge in [0.15, 0.2) is 0 Å². The van der Waals surface area contributed by atoms with Crippen molar-refractivity contribution in [1.82, 2.24) is 4.72 Å². The number of allylic oxidation sites excluding steroid dienone is 4. The zero-order chi connectivity index (χ0) is 7.45. The van der Waals surface area contributed by atoms with E-state index in [1.54, 1.807) is 18.2 Å². The van der Waals surface area contributed by atoms with Crippen LogP contribution in [-0.4, -0.2) is 8.42 Å². The van der Waals surface area contributed by atoms with Gasteiger partial charge in [0.05, 0.1) is 5.41 Å². The number of sulfonamides is 1. The highest BCUT2D eigenvalue weighted by molar-refractivity contribution is 7.92. The van der Waals surface area contributed by atoms with Crippen LogP contribution >= 0.6 is 0 Å². The molecule has 1 N–H and O–H groups in total. The summed E-state index contributed by atoms with van der Waals surface area (Å²) in [5, 5.41) is 1.10. The molecule has 0 spiro atoms. The van der Waals surface area contributed by atoms with E-state index in [-0.39, 0.29) is 0 Å². The molecule has 3 nitrogen and oxygen atoms in total. The van der Waals surface area contributed by atoms with Gasteiger partial charge in [0, 0.05) is 6.20 Å². The standard InChI is InChI=1S/C6H7NO2S/c8-10(9)6-4-2-1-3-5-7-10/h1-7H/b2-1-,5-3-,6-4-. The summed E-state index contributed by atoms with van der Waals surface area (Å²) < 4.78 is 23.7. The van der Waals surface area contributed by atoms with Crippen molar-refractivity contribution < 1.29 is 8.42 Å². The van der Waals surface area contributed by atoms with Crippen LogP contribution in [0.4, 0.5) is 0 Å². The molecule has 10 heavy (non-hydrogen) atoms. The van der Waals surface area contributed by atoms with Gasteiger partial charge >= 0.3 is 0 Å². The van der Waals surface area contributed by atoms with E-state index in [1.807, 2.05) is 0 Å². The van der Waals surface area contributed by atoms with E-state index in [4.69, 9.17) is 0 Å². The molecule has 0 aromatic heterocycles. The van der Waals surface area contributed by atoms with Crippen molar-refractivity contribution in [3.05, 3.63) is 35.9 Å². The molecule has 0 atom stereocenters. The molecule has 0 saturated carbocycles. The van der Waals surface area contributed by atoms with Crippen molar-refractivity contribution in [2.75, 3.05) is 0 Å². The summed E-state index contributed by atoms with van der Waals surface area (Å²) >= 11 is 0. The van der Waals surface area contributed by atoms with E-state index in [2.05, 4.69) is 4.72 Å². The third-order valence-corrected chi connectivity index (χ3v) is 1.90. The predicted octanol–water partition coefficient (Wildman–Crippen LogP) is 0.503. The summed E-state index contributed by atoms with van der Waals surface area (Å²) in [5.41, 5.74) is 0. The second kappa shape index (κ2) is 2.70. The lowest BCUT2D eigenvalue weighted by atomic mass is 10.5. The topological polar surface area (TPSA) is 46.2 Å². The Kier molecular flexibility index (Phi) is 1.91. The Bertz CT molecular complexity index is 285. The average molecular weight is 157 g/mol. The van der Waals surface area contributed by atoms with Crippen LogP contribution in [0.2, 0.25) is 0 Å². The van der Waals surface area contributed by atoms with Crippen molar-refractivity contribution in [3.63, 3.8) is 0 Å². The predicted molar refractivity (Wildman–Crippen MR) is 39.5 cm³/mol. The summed E-state index contributed by atoms with van der Waals surface area (Å²) in [6.45, 7) is 0. The van der Waals surface area contributed by atoms with Crippen LogP contribution in [0.25, 0.3) is 0 Å². The molecule has 0 unspecified atom stereocenters. The Labute approximate surface area is 59.8 Å². The number of hydrogen-bond acceptors (Lipinski definition) is 2. The Hall–Kier alpha value is -1.03. The molecule has 0 aromatic rings. The maximum Gasteiger partial charge on any atom is 0.254 e. The molecule has 1 aliphatic heterocycles. The molecule has 54 valence electrons. The van der Waals surface area contributed by atoms with Gasteiger partial charge in [0.25, 0.3) is 10.0 Å². The largest absolute Gasteiger partial charge is 0.287 e. The zero-order valence-corrected chi connectivity index (χ0v) is 6.01. The molecular formula is C6H7NO2S. The summed E-state index contributed by atoms with van der Waals surface area (Å²) in [4.78, 5) is 0. The minimum Gasteiger partial charge on any atom is -0.287 e. The molecule has 1 heterocycles. The molecule has 0 aliphatic carbocycles. The van der Waals surface area contributed by atoms with Crippen LogP contribution in [0.1, 0.15) is 0 Å². The van der Waals surface area contributed by atoms with Gasteiger partial charge in [-0.05, 0) is 12.2 Å². The first kappa shape index (κ1) is 7.08. The molecule has 0 fully saturated rings. The number of nitrogens with one attached hydrogen (secondary N) is 1. The lowest BCUT2D eigenvalue weighted by molar-refractivity contribution is 0.599. The molecule has 4 heteroatoms. The maximum atomic E-state index is 10.7. The highest BCUT2D eigenvalue weighted by Gasteiger charge is 1.98. The fourth-order valence-corrected chi connectivity index (χ4v) is 1.15. The monoisotopic (exact) mass is 157 g/mol. The van der Waals surface area contributed by atoms with Gasteiger partial charge in [-0.2, -0.15) is 0 Å². The number of hydrogen-bond donors (Lipinski definition) is 1. The van der Waals surface area contributed by atoms with Gasteiger partial charge in [-0.1, -0.05) is 12.2 Å². The van der Waals surface area contributed by atoms with Crippen molar-refractivity contribution in [3.8, 4) is 0 Å². The van der Waals surface area contributed by atoms with E-state index >= 15 is 0 Å². The highest BCUT2D eigenvalue weighted by atomic mass is 32.2. The lowest BCUT2D eigenvalue weighted by Gasteiger charge is -1.96. The summed E-state index contributed by atoms with van der Waals surface area (Å²) in [7, 11) is -3.21. The second-order valence-electron chi connectivity index (χ2n) is 1.74. The van der Waals surface area contributed by atoms with Gasteiger partial charge in [0.1, 0.15) is 0 Å². The molecule has 0 amide bonds. The van der Waals surface area contributed by atoms with Crippen molar-refractivity contribution in [2.45, 2.75) is 0 Å². The highest BCUT2D eigenvalue weighted by Crippen LogP contribution is 1.91. The van der Waals surface area contributed by atoms with E-state index in [9.17, 15) is 8.42 Å². The van der Waals surface area contributed by atoms with Gasteiger partial charge < -0.3 is 0 Å². The van der Waals surface area contributed by atoms with Crippen molar-refractivity contribution >= 4 is 10.0 Å². The Morgan fingerprint density at radius 1 is 1.00 bits per heavy atom. The minimum atomic E-state index is -3.21. The first-order chi connectivity index (χ1) is 4.71. The molecule has 0 saturated heterocycles. The molecular weight excluding hydrogens is 150 g/mol. The van der Waals surface area contributed by atoms with Gasteiger partial charge in [-0.15, -0.1) is 0 Å². The molecule has 0 radical (unpaired) electrons. The van der Waals surface area contributed by atoms with Crippen LogP contribution in [0.5, 0.6) is 0 Å². The number of rotatable bonds is 0.